The molecule has 1 fully saturated rings. The summed E-state index contributed by atoms with van der Waals surface area (Å²) in [6.45, 7) is 7.05. The number of nitrogens with zero attached hydrogens (tertiary/aromatic N) is 1. The van der Waals surface area contributed by atoms with Crippen LogP contribution in [0.2, 0.25) is 5.02 Å². The topological polar surface area (TPSA) is 95.9 Å². The molecular formula is C34H43ClN2O5S. The Bertz CT molecular complexity index is 1520. The average Bonchev–Trinajstić information content (AvgIpc) is 2.97. The van der Waals surface area contributed by atoms with E-state index in [0.29, 0.717) is 43.2 Å². The summed E-state index contributed by atoms with van der Waals surface area (Å²) in [5.41, 5.74) is 2.13. The number of hydrogen-bond acceptors (Lipinski definition) is 6. The van der Waals surface area contributed by atoms with Crippen molar-refractivity contribution in [3.05, 3.63) is 58.1 Å². The molecule has 2 aromatic rings. The number of halogens is 1. The van der Waals surface area contributed by atoms with Gasteiger partial charge in [0.2, 0.25) is 10.0 Å². The van der Waals surface area contributed by atoms with Crippen molar-refractivity contribution in [1.82, 2.24) is 4.72 Å². The van der Waals surface area contributed by atoms with E-state index < -0.39 is 26.8 Å². The van der Waals surface area contributed by atoms with Crippen molar-refractivity contribution >= 4 is 33.2 Å². The van der Waals surface area contributed by atoms with E-state index in [2.05, 4.69) is 21.5 Å². The standard InChI is InChI=1S/C34H43ClN2O5S/c1-4-16-34(39)17-7-8-23(2)24(3)43(40,41)36-33(38)26-12-15-32-31(20-26)37(21-27-11-14-30(27)34)18-6-5-9-25-19-29(35)13-10-28(25)22-42-32/h10,12-13,15,19-20,23-24,27,30,39H,5-9,11,14,17-18,21-22H2,1-3H3,(H,36,38)/t23-,24+,27-,30+,34-/m0/s1. The first kappa shape index (κ1) is 31.7. The Morgan fingerprint density at radius 1 is 1.07 bits per heavy atom. The maximum atomic E-state index is 13.4. The summed E-state index contributed by atoms with van der Waals surface area (Å²) in [6, 6.07) is 11.0. The molecule has 0 unspecified atom stereocenters. The van der Waals surface area contributed by atoms with Gasteiger partial charge in [0.1, 0.15) is 18.0 Å². The number of carbonyl (C=O) groups excluding carboxylic acids is 1. The Morgan fingerprint density at radius 3 is 2.63 bits per heavy atom. The Morgan fingerprint density at radius 2 is 1.88 bits per heavy atom. The van der Waals surface area contributed by atoms with Gasteiger partial charge in [0.15, 0.2) is 0 Å². The molecule has 0 radical (unpaired) electrons. The molecule has 1 amide bonds. The van der Waals surface area contributed by atoms with Gasteiger partial charge < -0.3 is 14.7 Å². The van der Waals surface area contributed by atoms with Crippen LogP contribution >= 0.6 is 11.6 Å². The number of ether oxygens (including phenoxy) is 1. The van der Waals surface area contributed by atoms with E-state index in [-0.39, 0.29) is 23.3 Å². The maximum Gasteiger partial charge on any atom is 0.264 e. The molecule has 2 heterocycles. The monoisotopic (exact) mass is 626 g/mol. The Hall–Kier alpha value is -2.73. The second-order valence-corrected chi connectivity index (χ2v) is 15.1. The number of aryl methyl sites for hydroxylation is 1. The number of sulfonamides is 1. The van der Waals surface area contributed by atoms with Crippen molar-refractivity contribution in [2.75, 3.05) is 18.0 Å². The van der Waals surface area contributed by atoms with Gasteiger partial charge in [-0.05, 0) is 119 Å². The normalized spacial score (nSPS) is 29.6. The second-order valence-electron chi connectivity index (χ2n) is 12.6. The van der Waals surface area contributed by atoms with Crippen LogP contribution in [0.3, 0.4) is 0 Å². The molecular weight excluding hydrogens is 584 g/mol. The quantitative estimate of drug-likeness (QED) is 0.343. The minimum Gasteiger partial charge on any atom is -0.487 e. The van der Waals surface area contributed by atoms with Crippen molar-refractivity contribution < 1.29 is 23.1 Å². The maximum absolute atomic E-state index is 13.4. The van der Waals surface area contributed by atoms with Crippen LogP contribution in [-0.4, -0.2) is 43.4 Å². The first-order valence-electron chi connectivity index (χ1n) is 15.5. The largest absolute Gasteiger partial charge is 0.487 e. The molecule has 2 aliphatic heterocycles. The fourth-order valence-electron chi connectivity index (χ4n) is 6.85. The van der Waals surface area contributed by atoms with E-state index in [1.807, 2.05) is 25.1 Å². The van der Waals surface area contributed by atoms with E-state index in [1.54, 1.807) is 32.0 Å². The van der Waals surface area contributed by atoms with Gasteiger partial charge in [0.25, 0.3) is 5.91 Å². The van der Waals surface area contributed by atoms with Crippen LogP contribution in [0.5, 0.6) is 5.75 Å². The lowest BCUT2D eigenvalue weighted by Crippen LogP contribution is -2.50. The molecule has 43 heavy (non-hydrogen) atoms. The lowest BCUT2D eigenvalue weighted by Gasteiger charge is -2.47. The number of anilines is 1. The van der Waals surface area contributed by atoms with Crippen LogP contribution < -0.4 is 14.4 Å². The molecule has 2 aromatic carbocycles. The number of hydrogen-bond donors (Lipinski definition) is 2. The highest BCUT2D eigenvalue weighted by Crippen LogP contribution is 2.46. The van der Waals surface area contributed by atoms with E-state index in [0.717, 1.165) is 49.9 Å². The van der Waals surface area contributed by atoms with Crippen LogP contribution in [0.15, 0.2) is 36.4 Å². The first-order valence-corrected chi connectivity index (χ1v) is 17.4. The molecule has 0 spiro atoms. The smallest absolute Gasteiger partial charge is 0.264 e. The molecule has 0 saturated heterocycles. The summed E-state index contributed by atoms with van der Waals surface area (Å²) in [4.78, 5) is 15.6. The summed E-state index contributed by atoms with van der Waals surface area (Å²) in [5, 5.41) is 11.8. The highest BCUT2D eigenvalue weighted by molar-refractivity contribution is 7.90. The number of nitrogens with one attached hydrogen (secondary N) is 1. The number of rotatable bonds is 0. The number of aliphatic hydroxyl groups is 1. The van der Waals surface area contributed by atoms with Gasteiger partial charge in [-0.2, -0.15) is 0 Å². The number of carbonyl (C=O) groups is 1. The summed E-state index contributed by atoms with van der Waals surface area (Å²) in [7, 11) is -3.93. The van der Waals surface area contributed by atoms with Gasteiger partial charge in [-0.3, -0.25) is 4.79 Å². The van der Waals surface area contributed by atoms with Gasteiger partial charge in [-0.25, -0.2) is 13.1 Å². The van der Waals surface area contributed by atoms with Crippen molar-refractivity contribution in [1.29, 1.82) is 0 Å². The van der Waals surface area contributed by atoms with Crippen LogP contribution in [0, 0.1) is 29.6 Å². The summed E-state index contributed by atoms with van der Waals surface area (Å²) in [6.07, 6.45) is 6.36. The van der Waals surface area contributed by atoms with Crippen molar-refractivity contribution in [3.63, 3.8) is 0 Å². The summed E-state index contributed by atoms with van der Waals surface area (Å²) < 4.78 is 35.3. The minimum atomic E-state index is -3.93. The van der Waals surface area contributed by atoms with Gasteiger partial charge in [-0.15, -0.1) is 5.92 Å². The van der Waals surface area contributed by atoms with E-state index in [9.17, 15) is 18.3 Å². The zero-order valence-electron chi connectivity index (χ0n) is 25.4. The SMILES string of the molecule is CC#C[C@]1(O)CCC[C@H](C)[C@@H](C)S(=O)(=O)NC(=O)c2ccc3c(c2)N(CCCCc2cc(Cl)ccc2CO3)C[C@@H]2CC[C@H]21. The lowest BCUT2D eigenvalue weighted by molar-refractivity contribution is -0.0446. The molecule has 232 valence electrons. The average molecular weight is 627 g/mol. The highest BCUT2D eigenvalue weighted by Gasteiger charge is 2.46. The van der Waals surface area contributed by atoms with Crippen molar-refractivity contribution in [2.45, 2.75) is 89.6 Å². The summed E-state index contributed by atoms with van der Waals surface area (Å²) in [5.74, 6) is 6.14. The van der Waals surface area contributed by atoms with E-state index in [4.69, 9.17) is 16.3 Å². The molecule has 2 bridgehead atoms. The fourth-order valence-corrected chi connectivity index (χ4v) is 8.36. The van der Waals surface area contributed by atoms with E-state index >= 15 is 0 Å². The molecule has 5 atom stereocenters. The summed E-state index contributed by atoms with van der Waals surface area (Å²) >= 11 is 6.32. The molecule has 3 aliphatic rings. The number of fused-ring (bicyclic) bond motifs is 3. The fraction of sp³-hybridized carbons (Fsp3) is 0.559. The van der Waals surface area contributed by atoms with Crippen molar-refractivity contribution in [2.24, 2.45) is 17.8 Å². The minimum absolute atomic E-state index is 0.0183. The molecule has 1 saturated carbocycles. The molecule has 0 aromatic heterocycles. The predicted octanol–water partition coefficient (Wildman–Crippen LogP) is 6.11. The molecule has 7 nitrogen and oxygen atoms in total. The van der Waals surface area contributed by atoms with Gasteiger partial charge in [-0.1, -0.05) is 30.5 Å². The third kappa shape index (κ3) is 7.00. The third-order valence-corrected chi connectivity index (χ3v) is 12.0. The molecule has 2 N–H and O–H groups in total. The Kier molecular flexibility index (Phi) is 9.65. The third-order valence-electron chi connectivity index (χ3n) is 9.81. The molecule has 9 heteroatoms. The molecule has 1 aliphatic carbocycles. The zero-order valence-corrected chi connectivity index (χ0v) is 26.9. The predicted molar refractivity (Wildman–Crippen MR) is 171 cm³/mol. The van der Waals surface area contributed by atoms with Crippen LogP contribution in [0.4, 0.5) is 5.69 Å². The van der Waals surface area contributed by atoms with Gasteiger partial charge >= 0.3 is 0 Å². The highest BCUT2D eigenvalue weighted by atomic mass is 35.5. The van der Waals surface area contributed by atoms with Crippen LogP contribution in [-0.2, 0) is 23.1 Å². The lowest BCUT2D eigenvalue weighted by atomic mass is 9.63. The number of amides is 1. The van der Waals surface area contributed by atoms with E-state index in [1.165, 1.54) is 5.56 Å². The first-order chi connectivity index (χ1) is 20.5. The zero-order chi connectivity index (χ0) is 30.8. The van der Waals surface area contributed by atoms with Crippen LogP contribution in [0.1, 0.15) is 87.2 Å². The number of benzene rings is 2. The second kappa shape index (κ2) is 13.1. The molecule has 5 rings (SSSR count). The van der Waals surface area contributed by atoms with Crippen molar-refractivity contribution in [3.8, 4) is 17.6 Å². The Balaban J connectivity index is 1.56. The van der Waals surface area contributed by atoms with Gasteiger partial charge in [0.05, 0.1) is 10.9 Å². The van der Waals surface area contributed by atoms with Crippen LogP contribution in [0.25, 0.3) is 0 Å². The Labute approximate surface area is 261 Å². The van der Waals surface area contributed by atoms with Gasteiger partial charge in [0, 0.05) is 29.6 Å².